The van der Waals surface area contributed by atoms with Gasteiger partial charge >= 0.3 is 23.8 Å². The topological polar surface area (TPSA) is 117 Å². The van der Waals surface area contributed by atoms with Gasteiger partial charge in [0.2, 0.25) is 0 Å². The Kier molecular flexibility index (Phi) is 5.54. The molecule has 0 bridgehead atoms. The number of aromatic nitrogens is 2. The smallest absolute Gasteiger partial charge is 0.423 e. The van der Waals surface area contributed by atoms with E-state index < -0.39 is 53.4 Å². The van der Waals surface area contributed by atoms with E-state index in [4.69, 9.17) is 14.2 Å². The second kappa shape index (κ2) is 7.32. The molecular weight excluding hydrogens is 365 g/mol. The highest BCUT2D eigenvalue weighted by Crippen LogP contribution is 2.32. The Morgan fingerprint density at radius 3 is 2.50 bits per heavy atom. The lowest BCUT2D eigenvalue weighted by atomic mass is 10.2. The number of nitrogens with zero attached hydrogens (tertiary/aromatic N) is 1. The molecule has 0 saturated carbocycles. The van der Waals surface area contributed by atoms with E-state index in [1.165, 1.54) is 0 Å². The largest absolute Gasteiger partial charge is 0.463 e. The van der Waals surface area contributed by atoms with Crippen molar-refractivity contribution in [3.05, 3.63) is 32.6 Å². The fourth-order valence-electron chi connectivity index (χ4n) is 2.46. The van der Waals surface area contributed by atoms with Gasteiger partial charge in [-0.05, 0) is 0 Å². The van der Waals surface area contributed by atoms with Gasteiger partial charge in [0.1, 0.15) is 30.6 Å². The van der Waals surface area contributed by atoms with Crippen LogP contribution >= 0.6 is 0 Å². The van der Waals surface area contributed by atoms with Crippen LogP contribution in [-0.4, -0.2) is 40.3 Å². The maximum absolute atomic E-state index is 12.9. The van der Waals surface area contributed by atoms with Crippen molar-refractivity contribution in [2.75, 3.05) is 6.61 Å². The van der Waals surface area contributed by atoms with Crippen molar-refractivity contribution >= 4 is 11.9 Å². The average molecular weight is 380 g/mol. The van der Waals surface area contributed by atoms with Gasteiger partial charge in [-0.15, -0.1) is 0 Å². The number of nitrogens with one attached hydrogen (secondary N) is 1. The molecular formula is C14H15F3N2O7. The molecule has 1 aliphatic rings. The Labute approximate surface area is 143 Å². The molecule has 0 spiro atoms. The number of esters is 2. The van der Waals surface area contributed by atoms with Crippen molar-refractivity contribution in [2.45, 2.75) is 44.9 Å². The quantitative estimate of drug-likeness (QED) is 0.749. The van der Waals surface area contributed by atoms with Crippen LogP contribution in [0.5, 0.6) is 0 Å². The molecule has 12 heteroatoms. The van der Waals surface area contributed by atoms with Crippen LogP contribution in [0, 0.1) is 0 Å². The van der Waals surface area contributed by atoms with Crippen LogP contribution in [0.25, 0.3) is 0 Å². The standard InChI is InChI=1S/C14H15F3N2O7/c1-6(20)24-5-10-9(25-7(2)21)3-11(26-10)19-4-8(14(15,16)17)12(22)18-13(19)23/h4,9-11H,3,5H2,1-2H3,(H,18,22,23)/t9-,10-,11+/m0/s1. The molecule has 26 heavy (non-hydrogen) atoms. The highest BCUT2D eigenvalue weighted by Gasteiger charge is 2.41. The lowest BCUT2D eigenvalue weighted by molar-refractivity contribution is -0.155. The van der Waals surface area contributed by atoms with Crippen molar-refractivity contribution < 1.29 is 37.0 Å². The van der Waals surface area contributed by atoms with Gasteiger partial charge in [-0.2, -0.15) is 13.2 Å². The predicted molar refractivity (Wildman–Crippen MR) is 77.0 cm³/mol. The third-order valence-electron chi connectivity index (χ3n) is 3.53. The molecule has 1 saturated heterocycles. The SMILES string of the molecule is CC(=O)OC[C@@H]1O[C@@H](n2cc(C(F)(F)F)c(=O)[nH]c2=O)C[C@@H]1OC(C)=O. The fourth-order valence-corrected chi connectivity index (χ4v) is 2.46. The van der Waals surface area contributed by atoms with Gasteiger partial charge in [0.25, 0.3) is 5.56 Å². The minimum atomic E-state index is -4.98. The van der Waals surface area contributed by atoms with E-state index in [-0.39, 0.29) is 13.0 Å². The van der Waals surface area contributed by atoms with Crippen LogP contribution in [0.15, 0.2) is 15.8 Å². The van der Waals surface area contributed by atoms with E-state index in [1.807, 2.05) is 0 Å². The maximum Gasteiger partial charge on any atom is 0.423 e. The molecule has 0 aliphatic carbocycles. The number of rotatable bonds is 4. The number of aromatic amines is 1. The highest BCUT2D eigenvalue weighted by molar-refractivity contribution is 5.66. The second-order valence-electron chi connectivity index (χ2n) is 5.52. The van der Waals surface area contributed by atoms with E-state index in [2.05, 4.69) is 0 Å². The lowest BCUT2D eigenvalue weighted by Crippen LogP contribution is -2.36. The average Bonchev–Trinajstić information content (AvgIpc) is 2.85. The molecule has 0 unspecified atom stereocenters. The number of carbonyl (C=O) groups excluding carboxylic acids is 2. The van der Waals surface area contributed by atoms with E-state index in [0.717, 1.165) is 13.8 Å². The minimum absolute atomic E-state index is 0.172. The zero-order valence-electron chi connectivity index (χ0n) is 13.7. The van der Waals surface area contributed by atoms with Gasteiger partial charge in [0, 0.05) is 26.5 Å². The normalized spacial score (nSPS) is 22.9. The molecule has 0 aromatic carbocycles. The molecule has 1 aromatic rings. The zero-order valence-corrected chi connectivity index (χ0v) is 13.7. The van der Waals surface area contributed by atoms with Crippen molar-refractivity contribution in [2.24, 2.45) is 0 Å². The maximum atomic E-state index is 12.9. The zero-order chi connectivity index (χ0) is 19.6. The van der Waals surface area contributed by atoms with E-state index in [1.54, 1.807) is 4.98 Å². The third kappa shape index (κ3) is 4.50. The molecule has 1 fully saturated rings. The molecule has 1 aliphatic heterocycles. The third-order valence-corrected chi connectivity index (χ3v) is 3.53. The Bertz CT molecular complexity index is 814. The molecule has 0 amide bonds. The van der Waals surface area contributed by atoms with Gasteiger partial charge < -0.3 is 14.2 Å². The Morgan fingerprint density at radius 1 is 1.31 bits per heavy atom. The second-order valence-corrected chi connectivity index (χ2v) is 5.52. The summed E-state index contributed by atoms with van der Waals surface area (Å²) in [5.41, 5.74) is -4.28. The molecule has 2 rings (SSSR count). The van der Waals surface area contributed by atoms with E-state index in [0.29, 0.717) is 10.8 Å². The summed E-state index contributed by atoms with van der Waals surface area (Å²) >= 11 is 0. The summed E-state index contributed by atoms with van der Waals surface area (Å²) in [7, 11) is 0. The van der Waals surface area contributed by atoms with Crippen LogP contribution in [0.2, 0.25) is 0 Å². The fraction of sp³-hybridized carbons (Fsp3) is 0.571. The summed E-state index contributed by atoms with van der Waals surface area (Å²) in [5, 5.41) is 0. The van der Waals surface area contributed by atoms with Crippen molar-refractivity contribution in [3.63, 3.8) is 0 Å². The van der Waals surface area contributed by atoms with Crippen LogP contribution in [0.1, 0.15) is 32.1 Å². The summed E-state index contributed by atoms with van der Waals surface area (Å²) in [6.45, 7) is 1.92. The number of halogens is 3. The predicted octanol–water partition coefficient (Wildman–Crippen LogP) is 0.338. The molecule has 0 radical (unpaired) electrons. The van der Waals surface area contributed by atoms with Crippen molar-refractivity contribution in [1.29, 1.82) is 0 Å². The molecule has 1 aromatic heterocycles. The van der Waals surface area contributed by atoms with Gasteiger partial charge in [-0.1, -0.05) is 0 Å². The first-order valence-corrected chi connectivity index (χ1v) is 7.37. The number of carbonyl (C=O) groups is 2. The lowest BCUT2D eigenvalue weighted by Gasteiger charge is -2.18. The number of ether oxygens (including phenoxy) is 3. The molecule has 2 heterocycles. The first-order chi connectivity index (χ1) is 12.0. The van der Waals surface area contributed by atoms with Gasteiger partial charge in [-0.25, -0.2) is 4.79 Å². The molecule has 1 N–H and O–H groups in total. The number of hydrogen-bond donors (Lipinski definition) is 1. The van der Waals surface area contributed by atoms with Gasteiger partial charge in [-0.3, -0.25) is 23.9 Å². The summed E-state index contributed by atoms with van der Waals surface area (Å²) < 4.78 is 54.4. The summed E-state index contributed by atoms with van der Waals surface area (Å²) in [5.74, 6) is -1.32. The first kappa shape index (κ1) is 19.7. The minimum Gasteiger partial charge on any atom is -0.463 e. The van der Waals surface area contributed by atoms with E-state index in [9.17, 15) is 32.3 Å². The Hall–Kier alpha value is -2.63. The van der Waals surface area contributed by atoms with Crippen molar-refractivity contribution in [1.82, 2.24) is 9.55 Å². The molecule has 144 valence electrons. The number of hydrogen-bond acceptors (Lipinski definition) is 7. The molecule has 3 atom stereocenters. The Morgan fingerprint density at radius 2 is 1.96 bits per heavy atom. The van der Waals surface area contributed by atoms with E-state index >= 15 is 0 Å². The van der Waals surface area contributed by atoms with Crippen LogP contribution in [-0.2, 0) is 30.0 Å². The summed E-state index contributed by atoms with van der Waals surface area (Å²) in [4.78, 5) is 46.9. The number of H-pyrrole nitrogens is 1. The molecule has 9 nitrogen and oxygen atoms in total. The summed E-state index contributed by atoms with van der Waals surface area (Å²) in [6, 6.07) is 0. The monoisotopic (exact) mass is 380 g/mol. The van der Waals surface area contributed by atoms with Gasteiger partial charge in [0.05, 0.1) is 0 Å². The first-order valence-electron chi connectivity index (χ1n) is 7.37. The summed E-state index contributed by atoms with van der Waals surface area (Å²) in [6.07, 6.45) is -8.01. The number of alkyl halides is 3. The Balaban J connectivity index is 2.33. The van der Waals surface area contributed by atoms with Crippen LogP contribution < -0.4 is 11.2 Å². The van der Waals surface area contributed by atoms with Gasteiger partial charge in [0.15, 0.2) is 0 Å². The van der Waals surface area contributed by atoms with Crippen molar-refractivity contribution in [3.8, 4) is 0 Å². The van der Waals surface area contributed by atoms with Crippen LogP contribution in [0.4, 0.5) is 13.2 Å². The van der Waals surface area contributed by atoms with Crippen LogP contribution in [0.3, 0.4) is 0 Å². The highest BCUT2D eigenvalue weighted by atomic mass is 19.4.